The van der Waals surface area contributed by atoms with E-state index in [1.807, 2.05) is 0 Å². The molecule has 0 saturated carbocycles. The van der Waals surface area contributed by atoms with E-state index in [0.717, 1.165) is 38.5 Å². The molecular formula is C36H71N2NaO6S. The minimum absolute atomic E-state index is 0. The van der Waals surface area contributed by atoms with Gasteiger partial charge in [-0.3, -0.25) is 13.8 Å². The molecule has 0 aromatic heterocycles. The molecule has 2 amide bonds. The van der Waals surface area contributed by atoms with E-state index in [1.165, 1.54) is 147 Å². The van der Waals surface area contributed by atoms with E-state index in [1.54, 1.807) is 0 Å². The maximum atomic E-state index is 12.8. The Kier molecular flexibility index (Phi) is 36.1. The van der Waals surface area contributed by atoms with Gasteiger partial charge in [0, 0.05) is 20.0 Å². The minimum atomic E-state index is -4.97. The summed E-state index contributed by atoms with van der Waals surface area (Å²) < 4.78 is 37.6. The summed E-state index contributed by atoms with van der Waals surface area (Å²) in [5.41, 5.74) is 0. The Morgan fingerprint density at radius 1 is 0.609 bits per heavy atom. The fourth-order valence-corrected chi connectivity index (χ4v) is 6.10. The standard InChI is InChI=1S/C36H72N2O6S.Na/c1-4-6-8-10-12-14-16-18-19-20-21-23-25-27-29-31-35(39)38(3)34(33-44-45(41,42)43)36(40)37-32-30-28-26-24-22-17-15-13-11-9-7-5-2;/h34H,4-33H2,1-3H3,(H,37,40)(H,41,42,43);/q;+1/p-1/t34-;/m0./s1. The molecule has 46 heavy (non-hydrogen) atoms. The van der Waals surface area contributed by atoms with Gasteiger partial charge in [-0.2, -0.15) is 0 Å². The molecule has 1 N–H and O–H groups in total. The van der Waals surface area contributed by atoms with Crippen molar-refractivity contribution in [3.8, 4) is 0 Å². The number of unbranched alkanes of at least 4 members (excludes halogenated alkanes) is 25. The van der Waals surface area contributed by atoms with Crippen LogP contribution in [0.5, 0.6) is 0 Å². The van der Waals surface area contributed by atoms with E-state index in [-0.39, 0.29) is 41.9 Å². The summed E-state index contributed by atoms with van der Waals surface area (Å²) in [4.78, 5) is 26.9. The third-order valence-corrected chi connectivity index (χ3v) is 9.28. The second-order valence-corrected chi connectivity index (χ2v) is 14.1. The van der Waals surface area contributed by atoms with Gasteiger partial charge in [0.05, 0.1) is 6.61 Å². The quantitative estimate of drug-likeness (QED) is 0.0365. The summed E-state index contributed by atoms with van der Waals surface area (Å²) in [5.74, 6) is -0.740. The van der Waals surface area contributed by atoms with Gasteiger partial charge in [-0.1, -0.05) is 174 Å². The van der Waals surface area contributed by atoms with Crippen molar-refractivity contribution in [1.82, 2.24) is 10.2 Å². The summed E-state index contributed by atoms with van der Waals surface area (Å²) in [6, 6.07) is -1.16. The van der Waals surface area contributed by atoms with Crippen LogP contribution in [0.15, 0.2) is 0 Å². The first-order chi connectivity index (χ1) is 21.7. The van der Waals surface area contributed by atoms with Crippen LogP contribution in [0.2, 0.25) is 0 Å². The summed E-state index contributed by atoms with van der Waals surface area (Å²) in [7, 11) is -3.50. The fourth-order valence-electron chi connectivity index (χ4n) is 5.80. The monoisotopic (exact) mass is 682 g/mol. The average Bonchev–Trinajstić information content (AvgIpc) is 3.00. The Labute approximate surface area is 307 Å². The van der Waals surface area contributed by atoms with Crippen LogP contribution in [0.1, 0.15) is 194 Å². The van der Waals surface area contributed by atoms with E-state index in [9.17, 15) is 22.6 Å². The zero-order chi connectivity index (χ0) is 33.4. The van der Waals surface area contributed by atoms with Gasteiger partial charge in [-0.15, -0.1) is 0 Å². The zero-order valence-electron chi connectivity index (χ0n) is 30.6. The van der Waals surface area contributed by atoms with Crippen LogP contribution in [0, 0.1) is 0 Å². The second-order valence-electron chi connectivity index (χ2n) is 13.1. The largest absolute Gasteiger partial charge is 1.00 e. The number of carbonyl (C=O) groups is 2. The van der Waals surface area contributed by atoms with Gasteiger partial charge in [0.1, 0.15) is 6.04 Å². The molecule has 0 fully saturated rings. The zero-order valence-corrected chi connectivity index (χ0v) is 33.4. The average molecular weight is 683 g/mol. The molecule has 8 nitrogen and oxygen atoms in total. The van der Waals surface area contributed by atoms with Crippen LogP contribution in [0.3, 0.4) is 0 Å². The van der Waals surface area contributed by atoms with Crippen molar-refractivity contribution in [1.29, 1.82) is 0 Å². The van der Waals surface area contributed by atoms with E-state index < -0.39 is 29.0 Å². The van der Waals surface area contributed by atoms with E-state index in [2.05, 4.69) is 23.3 Å². The van der Waals surface area contributed by atoms with Crippen LogP contribution >= 0.6 is 0 Å². The van der Waals surface area contributed by atoms with Gasteiger partial charge in [0.2, 0.25) is 22.2 Å². The fraction of sp³-hybridized carbons (Fsp3) is 0.944. The molecule has 10 heteroatoms. The van der Waals surface area contributed by atoms with Gasteiger partial charge in [0.15, 0.2) is 0 Å². The third-order valence-electron chi connectivity index (χ3n) is 8.86. The van der Waals surface area contributed by atoms with E-state index >= 15 is 0 Å². The van der Waals surface area contributed by atoms with Gasteiger partial charge in [-0.05, 0) is 12.8 Å². The van der Waals surface area contributed by atoms with Crippen LogP contribution in [0.25, 0.3) is 0 Å². The van der Waals surface area contributed by atoms with Crippen molar-refractivity contribution >= 4 is 22.2 Å². The molecular weight excluding hydrogens is 611 g/mol. The van der Waals surface area contributed by atoms with Crippen molar-refractivity contribution in [3.63, 3.8) is 0 Å². The summed E-state index contributed by atoms with van der Waals surface area (Å²) in [6.45, 7) is 4.27. The maximum Gasteiger partial charge on any atom is 1.00 e. The van der Waals surface area contributed by atoms with Crippen LogP contribution in [0.4, 0.5) is 0 Å². The topological polar surface area (TPSA) is 116 Å². The molecule has 0 heterocycles. The van der Waals surface area contributed by atoms with Gasteiger partial charge in [-0.25, -0.2) is 8.42 Å². The number of carbonyl (C=O) groups excluding carboxylic acids is 2. The number of likely N-dealkylation sites (N-methyl/N-ethyl adjacent to an activating group) is 1. The molecule has 0 unspecified atom stereocenters. The Bertz CT molecular complexity index is 799. The Hall–Kier alpha value is -0.190. The smallest absolute Gasteiger partial charge is 0.726 e. The first-order valence-electron chi connectivity index (χ1n) is 18.9. The van der Waals surface area contributed by atoms with Crippen molar-refractivity contribution in [2.75, 3.05) is 20.2 Å². The van der Waals surface area contributed by atoms with Crippen molar-refractivity contribution in [3.05, 3.63) is 0 Å². The number of amides is 2. The number of rotatable bonds is 34. The molecule has 0 radical (unpaired) electrons. The molecule has 0 aliphatic heterocycles. The molecule has 0 aliphatic rings. The molecule has 1 atom stereocenters. The molecule has 0 spiro atoms. The first kappa shape index (κ1) is 47.9. The Balaban J connectivity index is 0. The predicted octanol–water partition coefficient (Wildman–Crippen LogP) is 6.37. The van der Waals surface area contributed by atoms with Gasteiger partial charge >= 0.3 is 29.6 Å². The van der Waals surface area contributed by atoms with E-state index in [0.29, 0.717) is 6.54 Å². The molecule has 0 aliphatic carbocycles. The SMILES string of the molecule is CCCCCCCCCCCCCCCCCC(=O)N(C)[C@@H](COS(=O)(=O)[O-])C(=O)NCCCCCCCCCCCCCC.[Na+]. The number of hydrogen-bond acceptors (Lipinski definition) is 6. The molecule has 268 valence electrons. The maximum absolute atomic E-state index is 12.8. The Morgan fingerprint density at radius 3 is 1.28 bits per heavy atom. The normalized spacial score (nSPS) is 12.1. The van der Waals surface area contributed by atoms with Crippen LogP contribution in [-0.2, 0) is 24.2 Å². The predicted molar refractivity (Wildman–Crippen MR) is 186 cm³/mol. The molecule has 0 aromatic carbocycles. The van der Waals surface area contributed by atoms with Gasteiger partial charge < -0.3 is 14.8 Å². The summed E-state index contributed by atoms with van der Waals surface area (Å²) >= 11 is 0. The number of nitrogens with zero attached hydrogens (tertiary/aromatic N) is 1. The Morgan fingerprint density at radius 2 is 0.935 bits per heavy atom. The molecule has 0 rings (SSSR count). The first-order valence-corrected chi connectivity index (χ1v) is 20.2. The van der Waals surface area contributed by atoms with Crippen LogP contribution in [-0.4, -0.2) is 55.9 Å². The number of nitrogens with one attached hydrogen (secondary N) is 1. The van der Waals surface area contributed by atoms with E-state index in [4.69, 9.17) is 0 Å². The summed E-state index contributed by atoms with van der Waals surface area (Å²) in [6.07, 6.45) is 33.5. The molecule has 0 aromatic rings. The summed E-state index contributed by atoms with van der Waals surface area (Å²) in [5, 5.41) is 2.80. The van der Waals surface area contributed by atoms with Crippen molar-refractivity contribution in [2.45, 2.75) is 200 Å². The minimum Gasteiger partial charge on any atom is -0.726 e. The molecule has 0 saturated heterocycles. The third kappa shape index (κ3) is 32.4. The van der Waals surface area contributed by atoms with Crippen LogP contribution < -0.4 is 34.9 Å². The molecule has 0 bridgehead atoms. The second kappa shape index (κ2) is 34.7. The number of hydrogen-bond donors (Lipinski definition) is 1. The van der Waals surface area contributed by atoms with Crippen molar-refractivity contribution in [2.24, 2.45) is 0 Å². The van der Waals surface area contributed by atoms with Crippen molar-refractivity contribution < 1.29 is 56.3 Å². The van der Waals surface area contributed by atoms with Gasteiger partial charge in [0.25, 0.3) is 0 Å².